The summed E-state index contributed by atoms with van der Waals surface area (Å²) in [6, 6.07) is -0.0730. The van der Waals surface area contributed by atoms with Gasteiger partial charge in [-0.1, -0.05) is 13.8 Å². The number of nitrogens with one attached hydrogen (secondary N) is 2. The third kappa shape index (κ3) is 4.24. The Kier molecular flexibility index (Phi) is 5.25. The topological polar surface area (TPSA) is 67.4 Å². The number of rotatable bonds is 4. The molecule has 2 N–H and O–H groups in total. The van der Waals surface area contributed by atoms with Gasteiger partial charge in [-0.2, -0.15) is 0 Å². The van der Waals surface area contributed by atoms with Crippen LogP contribution < -0.4 is 10.6 Å². The van der Waals surface area contributed by atoms with Crippen LogP contribution in [0.4, 0.5) is 4.79 Å². The van der Waals surface area contributed by atoms with E-state index in [-0.39, 0.29) is 18.6 Å². The van der Waals surface area contributed by atoms with E-state index in [4.69, 9.17) is 4.74 Å². The Morgan fingerprint density at radius 2 is 2.00 bits per heavy atom. The van der Waals surface area contributed by atoms with Crippen molar-refractivity contribution < 1.29 is 14.3 Å². The number of hydrogen-bond donors (Lipinski definition) is 2. The quantitative estimate of drug-likeness (QED) is 0.730. The molecule has 0 aromatic carbocycles. The molecule has 3 atom stereocenters. The molecule has 0 aliphatic heterocycles. The zero-order valence-corrected chi connectivity index (χ0v) is 10.8. The van der Waals surface area contributed by atoms with Gasteiger partial charge in [-0.05, 0) is 31.6 Å². The van der Waals surface area contributed by atoms with Gasteiger partial charge in [0.2, 0.25) is 0 Å². The Morgan fingerprint density at radius 3 is 2.53 bits per heavy atom. The van der Waals surface area contributed by atoms with Gasteiger partial charge in [-0.15, -0.1) is 0 Å². The largest absolute Gasteiger partial charge is 0.465 e. The second-order valence-electron chi connectivity index (χ2n) is 4.65. The molecule has 0 radical (unpaired) electrons. The van der Waals surface area contributed by atoms with E-state index in [0.717, 1.165) is 12.8 Å². The molecular weight excluding hydrogens is 220 g/mol. The minimum atomic E-state index is -0.407. The number of carbonyl (C=O) groups is 2. The molecule has 1 fully saturated rings. The number of amides is 2. The summed E-state index contributed by atoms with van der Waals surface area (Å²) >= 11 is 0. The SMILES string of the molecule is CCOC(=O)CNC(=O)NC1CCC(C)C1C. The van der Waals surface area contributed by atoms with Crippen LogP contribution in [0, 0.1) is 11.8 Å². The highest BCUT2D eigenvalue weighted by Crippen LogP contribution is 2.30. The fourth-order valence-electron chi connectivity index (χ4n) is 2.15. The maximum atomic E-state index is 11.5. The third-order valence-corrected chi connectivity index (χ3v) is 3.48. The molecule has 1 aliphatic rings. The van der Waals surface area contributed by atoms with Crippen molar-refractivity contribution in [1.82, 2.24) is 10.6 Å². The Bertz CT molecular complexity index is 281. The highest BCUT2D eigenvalue weighted by atomic mass is 16.5. The maximum absolute atomic E-state index is 11.5. The predicted octanol–water partition coefficient (Wildman–Crippen LogP) is 1.28. The highest BCUT2D eigenvalue weighted by molar-refractivity contribution is 5.80. The molecule has 98 valence electrons. The molecule has 1 aliphatic carbocycles. The lowest BCUT2D eigenvalue weighted by molar-refractivity contribution is -0.141. The molecule has 5 nitrogen and oxygen atoms in total. The summed E-state index contributed by atoms with van der Waals surface area (Å²) in [5, 5.41) is 5.40. The number of hydrogen-bond acceptors (Lipinski definition) is 3. The fourth-order valence-corrected chi connectivity index (χ4v) is 2.15. The minimum Gasteiger partial charge on any atom is -0.465 e. The highest BCUT2D eigenvalue weighted by Gasteiger charge is 2.30. The van der Waals surface area contributed by atoms with Gasteiger partial charge >= 0.3 is 12.0 Å². The van der Waals surface area contributed by atoms with Crippen LogP contribution in [0.1, 0.15) is 33.6 Å². The van der Waals surface area contributed by atoms with Crippen LogP contribution in [0.3, 0.4) is 0 Å². The van der Waals surface area contributed by atoms with Gasteiger partial charge in [0.05, 0.1) is 6.61 Å². The maximum Gasteiger partial charge on any atom is 0.325 e. The van der Waals surface area contributed by atoms with Crippen molar-refractivity contribution in [3.63, 3.8) is 0 Å². The van der Waals surface area contributed by atoms with Crippen LogP contribution in [0.25, 0.3) is 0 Å². The van der Waals surface area contributed by atoms with E-state index in [2.05, 4.69) is 24.5 Å². The monoisotopic (exact) mass is 242 g/mol. The fraction of sp³-hybridized carbons (Fsp3) is 0.833. The first-order valence-electron chi connectivity index (χ1n) is 6.24. The van der Waals surface area contributed by atoms with E-state index < -0.39 is 5.97 Å². The van der Waals surface area contributed by atoms with Gasteiger partial charge in [0, 0.05) is 6.04 Å². The van der Waals surface area contributed by atoms with Crippen molar-refractivity contribution >= 4 is 12.0 Å². The summed E-state index contributed by atoms with van der Waals surface area (Å²) in [4.78, 5) is 22.6. The van der Waals surface area contributed by atoms with Gasteiger partial charge in [0.1, 0.15) is 6.54 Å². The minimum absolute atomic E-state index is 0.0731. The van der Waals surface area contributed by atoms with Crippen molar-refractivity contribution in [2.45, 2.75) is 39.7 Å². The van der Waals surface area contributed by atoms with E-state index >= 15 is 0 Å². The molecular formula is C12H22N2O3. The number of carbonyl (C=O) groups excluding carboxylic acids is 2. The lowest BCUT2D eigenvalue weighted by Crippen LogP contribution is -2.45. The summed E-state index contributed by atoms with van der Waals surface area (Å²) in [6.07, 6.45) is 2.15. The molecule has 0 heterocycles. The van der Waals surface area contributed by atoms with Gasteiger partial charge in [-0.25, -0.2) is 4.79 Å². The summed E-state index contributed by atoms with van der Waals surface area (Å²) in [6.45, 7) is 6.34. The smallest absolute Gasteiger partial charge is 0.325 e. The lowest BCUT2D eigenvalue weighted by atomic mass is 9.98. The number of ether oxygens (including phenoxy) is 1. The van der Waals surface area contributed by atoms with Crippen molar-refractivity contribution in [2.75, 3.05) is 13.2 Å². The van der Waals surface area contributed by atoms with Crippen LogP contribution in [0.2, 0.25) is 0 Å². The summed E-state index contributed by atoms with van der Waals surface area (Å²) < 4.78 is 4.72. The summed E-state index contributed by atoms with van der Waals surface area (Å²) in [5.41, 5.74) is 0. The molecule has 0 aromatic heterocycles. The first kappa shape index (κ1) is 13.8. The molecule has 17 heavy (non-hydrogen) atoms. The molecule has 1 rings (SSSR count). The van der Waals surface area contributed by atoms with E-state index in [1.54, 1.807) is 6.92 Å². The van der Waals surface area contributed by atoms with Gasteiger partial charge in [0.25, 0.3) is 0 Å². The molecule has 5 heteroatoms. The Balaban J connectivity index is 2.23. The second kappa shape index (κ2) is 6.47. The van der Waals surface area contributed by atoms with Crippen molar-refractivity contribution in [1.29, 1.82) is 0 Å². The number of urea groups is 1. The summed E-state index contributed by atoms with van der Waals surface area (Å²) in [5.74, 6) is 0.726. The van der Waals surface area contributed by atoms with Crippen molar-refractivity contribution in [3.8, 4) is 0 Å². The van der Waals surface area contributed by atoms with Crippen molar-refractivity contribution in [2.24, 2.45) is 11.8 Å². The molecule has 0 spiro atoms. The average molecular weight is 242 g/mol. The molecule has 0 aromatic rings. The zero-order valence-electron chi connectivity index (χ0n) is 10.8. The van der Waals surface area contributed by atoms with Crippen LogP contribution in [0.5, 0.6) is 0 Å². The van der Waals surface area contributed by atoms with E-state index in [1.807, 2.05) is 0 Å². The molecule has 0 bridgehead atoms. The van der Waals surface area contributed by atoms with Crippen LogP contribution in [-0.4, -0.2) is 31.2 Å². The average Bonchev–Trinajstić information content (AvgIpc) is 2.59. The third-order valence-electron chi connectivity index (χ3n) is 3.48. The van der Waals surface area contributed by atoms with Crippen LogP contribution in [-0.2, 0) is 9.53 Å². The van der Waals surface area contributed by atoms with Gasteiger partial charge in [-0.3, -0.25) is 4.79 Å². The van der Waals surface area contributed by atoms with E-state index in [1.165, 1.54) is 0 Å². The molecule has 2 amide bonds. The normalized spacial score (nSPS) is 27.6. The number of esters is 1. The van der Waals surface area contributed by atoms with E-state index in [0.29, 0.717) is 18.4 Å². The van der Waals surface area contributed by atoms with Gasteiger partial charge in [0.15, 0.2) is 0 Å². The standard InChI is InChI=1S/C12H22N2O3/c1-4-17-11(15)7-13-12(16)14-10-6-5-8(2)9(10)3/h8-10H,4-7H2,1-3H3,(H2,13,14,16). The van der Waals surface area contributed by atoms with Crippen molar-refractivity contribution in [3.05, 3.63) is 0 Å². The summed E-state index contributed by atoms with van der Waals surface area (Å²) in [7, 11) is 0. The molecule has 0 saturated heterocycles. The van der Waals surface area contributed by atoms with Gasteiger partial charge < -0.3 is 15.4 Å². The first-order chi connectivity index (χ1) is 8.04. The Labute approximate surface area is 102 Å². The molecule has 1 saturated carbocycles. The van der Waals surface area contributed by atoms with E-state index in [9.17, 15) is 9.59 Å². The second-order valence-corrected chi connectivity index (χ2v) is 4.65. The molecule has 3 unspecified atom stereocenters. The Morgan fingerprint density at radius 1 is 1.29 bits per heavy atom. The lowest BCUT2D eigenvalue weighted by Gasteiger charge is -2.19. The predicted molar refractivity (Wildman–Crippen MR) is 64.5 cm³/mol. The zero-order chi connectivity index (χ0) is 12.8. The van der Waals surface area contributed by atoms with Crippen LogP contribution >= 0.6 is 0 Å². The Hall–Kier alpha value is -1.26. The first-order valence-corrected chi connectivity index (χ1v) is 6.24. The van der Waals surface area contributed by atoms with Crippen LogP contribution in [0.15, 0.2) is 0 Å².